The number of fused-ring (bicyclic) bond motifs is 1. The van der Waals surface area contributed by atoms with Crippen LogP contribution in [0.1, 0.15) is 31.1 Å². The van der Waals surface area contributed by atoms with Gasteiger partial charge < -0.3 is 19.5 Å². The molecular formula is C17H19N3O7. The molecule has 1 amide bonds. The SMILES string of the molecule is CC(C)[C@](C)(C#N)NC(=O)COC(=O)c1cc2c(cc1[N+](=O)[O-])OCCO2. The molecule has 1 N–H and O–H groups in total. The zero-order chi connectivity index (χ0) is 20.2. The Kier molecular flexibility index (Phi) is 5.85. The summed E-state index contributed by atoms with van der Waals surface area (Å²) in [5.41, 5.74) is -2.01. The van der Waals surface area contributed by atoms with Gasteiger partial charge in [0.15, 0.2) is 18.1 Å². The van der Waals surface area contributed by atoms with Crippen LogP contribution in [0.3, 0.4) is 0 Å². The molecule has 27 heavy (non-hydrogen) atoms. The second kappa shape index (κ2) is 7.90. The van der Waals surface area contributed by atoms with E-state index in [1.807, 2.05) is 6.07 Å². The molecule has 0 aliphatic carbocycles. The summed E-state index contributed by atoms with van der Waals surface area (Å²) in [6, 6.07) is 4.23. The summed E-state index contributed by atoms with van der Waals surface area (Å²) in [6.07, 6.45) is 0. The number of nitrogens with zero attached hydrogens (tertiary/aromatic N) is 2. The molecule has 0 fully saturated rings. The molecule has 144 valence electrons. The number of hydrogen-bond donors (Lipinski definition) is 1. The third-order valence-electron chi connectivity index (χ3n) is 4.20. The van der Waals surface area contributed by atoms with Crippen molar-refractivity contribution in [2.24, 2.45) is 5.92 Å². The summed E-state index contributed by atoms with van der Waals surface area (Å²) in [5.74, 6) is -1.59. The number of amides is 1. The first-order chi connectivity index (χ1) is 12.7. The van der Waals surface area contributed by atoms with E-state index in [4.69, 9.17) is 14.2 Å². The van der Waals surface area contributed by atoms with Crippen molar-refractivity contribution in [1.29, 1.82) is 5.26 Å². The maximum Gasteiger partial charge on any atom is 0.345 e. The predicted octanol–water partition coefficient (Wildman–Crippen LogP) is 1.58. The fourth-order valence-corrected chi connectivity index (χ4v) is 2.23. The molecule has 10 heteroatoms. The molecule has 0 aromatic heterocycles. The molecular weight excluding hydrogens is 358 g/mol. The van der Waals surface area contributed by atoms with Crippen LogP contribution in [-0.4, -0.2) is 42.2 Å². The summed E-state index contributed by atoms with van der Waals surface area (Å²) in [5, 5.41) is 22.9. The number of carbonyl (C=O) groups excluding carboxylic acids is 2. The Labute approximate surface area is 155 Å². The molecule has 2 rings (SSSR count). The summed E-state index contributed by atoms with van der Waals surface area (Å²) in [6.45, 7) is 4.85. The highest BCUT2D eigenvalue weighted by Crippen LogP contribution is 2.36. The van der Waals surface area contributed by atoms with Gasteiger partial charge in [0.25, 0.3) is 11.6 Å². The van der Waals surface area contributed by atoms with Gasteiger partial charge in [-0.15, -0.1) is 0 Å². The van der Waals surface area contributed by atoms with E-state index in [2.05, 4.69) is 5.32 Å². The van der Waals surface area contributed by atoms with Crippen molar-refractivity contribution in [3.8, 4) is 17.6 Å². The van der Waals surface area contributed by atoms with Gasteiger partial charge in [-0.05, 0) is 12.8 Å². The largest absolute Gasteiger partial charge is 0.486 e. The molecule has 0 spiro atoms. The lowest BCUT2D eigenvalue weighted by Crippen LogP contribution is -2.50. The number of hydrogen-bond acceptors (Lipinski definition) is 8. The van der Waals surface area contributed by atoms with Gasteiger partial charge in [-0.25, -0.2) is 4.79 Å². The monoisotopic (exact) mass is 377 g/mol. The molecule has 1 heterocycles. The van der Waals surface area contributed by atoms with Crippen molar-refractivity contribution in [2.75, 3.05) is 19.8 Å². The number of benzene rings is 1. The van der Waals surface area contributed by atoms with Crippen molar-refractivity contribution in [2.45, 2.75) is 26.3 Å². The zero-order valence-electron chi connectivity index (χ0n) is 15.1. The van der Waals surface area contributed by atoms with E-state index in [0.29, 0.717) is 0 Å². The Hall–Kier alpha value is -3.35. The van der Waals surface area contributed by atoms with Gasteiger partial charge in [0, 0.05) is 6.07 Å². The van der Waals surface area contributed by atoms with Crippen LogP contribution in [-0.2, 0) is 9.53 Å². The number of nitrogens with one attached hydrogen (secondary N) is 1. The minimum atomic E-state index is -1.13. The highest BCUT2D eigenvalue weighted by Gasteiger charge is 2.31. The first-order valence-electron chi connectivity index (χ1n) is 8.15. The van der Waals surface area contributed by atoms with Crippen molar-refractivity contribution < 1.29 is 28.7 Å². The Bertz CT molecular complexity index is 815. The van der Waals surface area contributed by atoms with Crippen molar-refractivity contribution in [3.05, 3.63) is 27.8 Å². The Balaban J connectivity index is 2.13. The van der Waals surface area contributed by atoms with Crippen LogP contribution in [0.5, 0.6) is 11.5 Å². The lowest BCUT2D eigenvalue weighted by Gasteiger charge is -2.27. The Morgan fingerprint density at radius 2 is 1.96 bits per heavy atom. The maximum atomic E-state index is 12.3. The molecule has 0 saturated heterocycles. The second-order valence-corrected chi connectivity index (χ2v) is 6.36. The number of carbonyl (C=O) groups is 2. The lowest BCUT2D eigenvalue weighted by molar-refractivity contribution is -0.385. The van der Waals surface area contributed by atoms with E-state index in [1.165, 1.54) is 0 Å². The molecule has 1 aliphatic heterocycles. The smallest absolute Gasteiger partial charge is 0.345 e. The second-order valence-electron chi connectivity index (χ2n) is 6.36. The molecule has 1 aromatic carbocycles. The van der Waals surface area contributed by atoms with Crippen LogP contribution >= 0.6 is 0 Å². The van der Waals surface area contributed by atoms with Gasteiger partial charge in [0.05, 0.1) is 17.1 Å². The van der Waals surface area contributed by atoms with Crippen LogP contribution in [0.4, 0.5) is 5.69 Å². The lowest BCUT2D eigenvalue weighted by atomic mass is 9.90. The van der Waals surface area contributed by atoms with Gasteiger partial charge in [0.2, 0.25) is 0 Å². The van der Waals surface area contributed by atoms with E-state index in [1.54, 1.807) is 20.8 Å². The van der Waals surface area contributed by atoms with E-state index >= 15 is 0 Å². The molecule has 1 atom stereocenters. The zero-order valence-corrected chi connectivity index (χ0v) is 15.1. The summed E-state index contributed by atoms with van der Waals surface area (Å²) >= 11 is 0. The first kappa shape index (κ1) is 20.0. The van der Waals surface area contributed by atoms with Crippen molar-refractivity contribution in [3.63, 3.8) is 0 Å². The topological polar surface area (TPSA) is 141 Å². The molecule has 0 radical (unpaired) electrons. The van der Waals surface area contributed by atoms with Gasteiger partial charge in [-0.1, -0.05) is 13.8 Å². The quantitative estimate of drug-likeness (QED) is 0.447. The van der Waals surface area contributed by atoms with Gasteiger partial charge in [-0.2, -0.15) is 5.26 Å². The maximum absolute atomic E-state index is 12.3. The van der Waals surface area contributed by atoms with Crippen LogP contribution in [0.25, 0.3) is 0 Å². The first-order valence-corrected chi connectivity index (χ1v) is 8.15. The van der Waals surface area contributed by atoms with Crippen LogP contribution in [0.15, 0.2) is 12.1 Å². The van der Waals surface area contributed by atoms with Gasteiger partial charge in [-0.3, -0.25) is 14.9 Å². The average Bonchev–Trinajstić information content (AvgIpc) is 2.64. The summed E-state index contributed by atoms with van der Waals surface area (Å²) < 4.78 is 15.5. The highest BCUT2D eigenvalue weighted by molar-refractivity contribution is 5.96. The van der Waals surface area contributed by atoms with E-state index in [0.717, 1.165) is 12.1 Å². The van der Waals surface area contributed by atoms with Crippen molar-refractivity contribution in [1.82, 2.24) is 5.32 Å². The van der Waals surface area contributed by atoms with E-state index in [-0.39, 0.29) is 36.2 Å². The molecule has 10 nitrogen and oxygen atoms in total. The molecule has 0 unspecified atom stereocenters. The van der Waals surface area contributed by atoms with E-state index < -0.39 is 34.6 Å². The van der Waals surface area contributed by atoms with Gasteiger partial charge >= 0.3 is 5.97 Å². The fourth-order valence-electron chi connectivity index (χ4n) is 2.23. The number of ether oxygens (including phenoxy) is 3. The predicted molar refractivity (Wildman–Crippen MR) is 91.4 cm³/mol. The van der Waals surface area contributed by atoms with Crippen LogP contribution in [0.2, 0.25) is 0 Å². The molecule has 0 saturated carbocycles. The average molecular weight is 377 g/mol. The van der Waals surface area contributed by atoms with Crippen LogP contribution < -0.4 is 14.8 Å². The number of nitro benzene ring substituents is 1. The fraction of sp³-hybridized carbons (Fsp3) is 0.471. The summed E-state index contributed by atoms with van der Waals surface area (Å²) in [7, 11) is 0. The standard InChI is InChI=1S/C17H19N3O7/c1-10(2)17(3,9-18)19-15(21)8-27-16(22)11-6-13-14(26-5-4-25-13)7-12(11)20(23)24/h6-7,10H,4-5,8H2,1-3H3,(H,19,21)/t17-/m0/s1. The Morgan fingerprint density at radius 3 is 2.48 bits per heavy atom. The minimum absolute atomic E-state index is 0.156. The number of nitriles is 1. The minimum Gasteiger partial charge on any atom is -0.486 e. The molecule has 1 aliphatic rings. The van der Waals surface area contributed by atoms with Crippen molar-refractivity contribution >= 4 is 17.6 Å². The number of rotatable bonds is 6. The normalized spacial score (nSPS) is 14.6. The number of nitro groups is 1. The molecule has 0 bridgehead atoms. The van der Waals surface area contributed by atoms with Crippen LogP contribution in [0, 0.1) is 27.4 Å². The third kappa shape index (κ3) is 4.44. The highest BCUT2D eigenvalue weighted by atomic mass is 16.6. The van der Waals surface area contributed by atoms with Gasteiger partial charge in [0.1, 0.15) is 24.3 Å². The summed E-state index contributed by atoms with van der Waals surface area (Å²) in [4.78, 5) is 34.7. The molecule has 1 aromatic rings. The number of esters is 1. The third-order valence-corrected chi connectivity index (χ3v) is 4.20. The Morgan fingerprint density at radius 1 is 1.37 bits per heavy atom. The van der Waals surface area contributed by atoms with E-state index in [9.17, 15) is 25.0 Å².